The minimum absolute atomic E-state index is 0.170. The smallest absolute Gasteiger partial charge is 0.306 e. The highest BCUT2D eigenvalue weighted by Gasteiger charge is 2.35. The molecular formula is C11H15N3O4. The molecule has 0 spiro atoms. The first kappa shape index (κ1) is 14.2. The second-order valence-corrected chi connectivity index (χ2v) is 4.07. The number of azide groups is 1. The van der Waals surface area contributed by atoms with Crippen molar-refractivity contribution in [3.63, 3.8) is 0 Å². The molecule has 0 radical (unpaired) electrons. The number of unbranched alkanes of at least 4 members (excludes halogenated alkanes) is 2. The van der Waals surface area contributed by atoms with Crippen molar-refractivity contribution in [2.24, 2.45) is 5.11 Å². The molecule has 0 atom stereocenters. The van der Waals surface area contributed by atoms with Crippen molar-refractivity contribution < 1.29 is 19.1 Å². The van der Waals surface area contributed by atoms with Gasteiger partial charge in [0.05, 0.1) is 0 Å². The molecule has 0 saturated heterocycles. The molecule has 18 heavy (non-hydrogen) atoms. The lowest BCUT2D eigenvalue weighted by Gasteiger charge is -2.08. The van der Waals surface area contributed by atoms with E-state index < -0.39 is 12.1 Å². The van der Waals surface area contributed by atoms with Gasteiger partial charge < -0.3 is 4.74 Å². The molecule has 1 rings (SSSR count). The van der Waals surface area contributed by atoms with E-state index in [0.29, 0.717) is 19.4 Å². The molecular weight excluding hydrogens is 238 g/mol. The van der Waals surface area contributed by atoms with Gasteiger partial charge in [0.2, 0.25) is 6.10 Å². The minimum atomic E-state index is -1.17. The molecule has 1 aliphatic carbocycles. The van der Waals surface area contributed by atoms with Crippen LogP contribution in [0.2, 0.25) is 0 Å². The van der Waals surface area contributed by atoms with Crippen LogP contribution < -0.4 is 0 Å². The van der Waals surface area contributed by atoms with Gasteiger partial charge in [-0.05, 0) is 18.4 Å². The second kappa shape index (κ2) is 7.45. The quantitative estimate of drug-likeness (QED) is 0.172. The van der Waals surface area contributed by atoms with Crippen molar-refractivity contribution in [3.8, 4) is 0 Å². The summed E-state index contributed by atoms with van der Waals surface area (Å²) in [4.78, 5) is 36.4. The van der Waals surface area contributed by atoms with Crippen LogP contribution in [0.1, 0.15) is 38.5 Å². The molecule has 0 unspecified atom stereocenters. The van der Waals surface area contributed by atoms with Crippen molar-refractivity contribution in [1.29, 1.82) is 0 Å². The first-order chi connectivity index (χ1) is 8.65. The van der Waals surface area contributed by atoms with Crippen LogP contribution >= 0.6 is 0 Å². The van der Waals surface area contributed by atoms with E-state index in [1.807, 2.05) is 0 Å². The molecule has 0 N–H and O–H groups in total. The molecule has 0 aromatic carbocycles. The molecule has 0 aromatic heterocycles. The number of ether oxygens (including phenoxy) is 1. The third kappa shape index (κ3) is 4.55. The summed E-state index contributed by atoms with van der Waals surface area (Å²) < 4.78 is 4.84. The number of nitrogens with zero attached hydrogens (tertiary/aromatic N) is 3. The number of ketones is 2. The van der Waals surface area contributed by atoms with E-state index in [-0.39, 0.29) is 30.8 Å². The fraction of sp³-hybridized carbons (Fsp3) is 0.727. The molecule has 0 aliphatic heterocycles. The third-order valence-electron chi connectivity index (χ3n) is 2.65. The molecule has 1 saturated carbocycles. The van der Waals surface area contributed by atoms with E-state index in [1.165, 1.54) is 0 Å². The first-order valence-corrected chi connectivity index (χ1v) is 5.91. The highest BCUT2D eigenvalue weighted by molar-refractivity contribution is 6.12. The van der Waals surface area contributed by atoms with E-state index in [4.69, 9.17) is 10.3 Å². The fourth-order valence-corrected chi connectivity index (χ4v) is 1.68. The number of rotatable bonds is 7. The van der Waals surface area contributed by atoms with Gasteiger partial charge in [-0.1, -0.05) is 11.5 Å². The molecule has 0 bridgehead atoms. The lowest BCUT2D eigenvalue weighted by atomic mass is 10.2. The maximum Gasteiger partial charge on any atom is 0.306 e. The Kier molecular flexibility index (Phi) is 5.87. The van der Waals surface area contributed by atoms with Gasteiger partial charge >= 0.3 is 5.97 Å². The molecule has 1 aliphatic rings. The van der Waals surface area contributed by atoms with E-state index in [2.05, 4.69) is 10.0 Å². The average Bonchev–Trinajstić information content (AvgIpc) is 2.65. The van der Waals surface area contributed by atoms with Gasteiger partial charge in [0.25, 0.3) is 0 Å². The average molecular weight is 253 g/mol. The lowest BCUT2D eigenvalue weighted by molar-refractivity contribution is -0.157. The van der Waals surface area contributed by atoms with Crippen LogP contribution in [0.4, 0.5) is 0 Å². The van der Waals surface area contributed by atoms with Gasteiger partial charge in [-0.25, -0.2) is 0 Å². The number of esters is 1. The van der Waals surface area contributed by atoms with Crippen molar-refractivity contribution in [2.75, 3.05) is 6.54 Å². The summed E-state index contributed by atoms with van der Waals surface area (Å²) in [5.74, 6) is -1.14. The summed E-state index contributed by atoms with van der Waals surface area (Å²) in [6.07, 6.45) is 1.38. The van der Waals surface area contributed by atoms with Gasteiger partial charge in [0, 0.05) is 30.7 Å². The predicted octanol–water partition coefficient (Wildman–Crippen LogP) is 1.70. The molecule has 0 heterocycles. The monoisotopic (exact) mass is 253 g/mol. The van der Waals surface area contributed by atoms with Crippen LogP contribution in [0.5, 0.6) is 0 Å². The summed E-state index contributed by atoms with van der Waals surface area (Å²) >= 11 is 0. The highest BCUT2D eigenvalue weighted by Crippen LogP contribution is 2.15. The van der Waals surface area contributed by atoms with Gasteiger partial charge in [-0.2, -0.15) is 0 Å². The van der Waals surface area contributed by atoms with Gasteiger partial charge in [-0.15, -0.1) is 0 Å². The predicted molar refractivity (Wildman–Crippen MR) is 61.6 cm³/mol. The Morgan fingerprint density at radius 2 is 1.94 bits per heavy atom. The maximum absolute atomic E-state index is 11.4. The Morgan fingerprint density at radius 3 is 2.56 bits per heavy atom. The summed E-state index contributed by atoms with van der Waals surface area (Å²) in [6.45, 7) is 0.408. The van der Waals surface area contributed by atoms with Gasteiger partial charge in [0.15, 0.2) is 11.6 Å². The second-order valence-electron chi connectivity index (χ2n) is 4.07. The number of carbonyl (C=O) groups is 3. The largest absolute Gasteiger partial charge is 0.446 e. The Morgan fingerprint density at radius 1 is 1.28 bits per heavy atom. The summed E-state index contributed by atoms with van der Waals surface area (Å²) in [5, 5.41) is 3.37. The zero-order valence-electron chi connectivity index (χ0n) is 10.0. The third-order valence-corrected chi connectivity index (χ3v) is 2.65. The van der Waals surface area contributed by atoms with Crippen LogP contribution in [0.3, 0.4) is 0 Å². The zero-order valence-corrected chi connectivity index (χ0v) is 10.0. The fourth-order valence-electron chi connectivity index (χ4n) is 1.68. The Bertz CT molecular complexity index is 372. The lowest BCUT2D eigenvalue weighted by Crippen LogP contribution is -2.28. The summed E-state index contributed by atoms with van der Waals surface area (Å²) in [7, 11) is 0. The number of carbonyl (C=O) groups excluding carboxylic acids is 3. The molecule has 0 amide bonds. The van der Waals surface area contributed by atoms with E-state index in [9.17, 15) is 14.4 Å². The van der Waals surface area contributed by atoms with Crippen LogP contribution in [-0.2, 0) is 19.1 Å². The Labute approximate surface area is 104 Å². The standard InChI is InChI=1S/C11H15N3O4/c12-14-13-7-3-1-2-4-10(17)18-11-8(15)5-6-9(11)16/h11H,1-7H2. The molecule has 1 fully saturated rings. The summed E-state index contributed by atoms with van der Waals surface area (Å²) in [6, 6.07) is 0. The molecule has 7 nitrogen and oxygen atoms in total. The number of hydrogen-bond acceptors (Lipinski definition) is 5. The first-order valence-electron chi connectivity index (χ1n) is 5.91. The van der Waals surface area contributed by atoms with Gasteiger partial charge in [0.1, 0.15) is 0 Å². The number of Topliss-reactive ketones (excluding diaryl/α,β-unsaturated/α-hetero) is 2. The summed E-state index contributed by atoms with van der Waals surface area (Å²) in [5.41, 5.74) is 8.04. The van der Waals surface area contributed by atoms with Crippen LogP contribution in [-0.4, -0.2) is 30.2 Å². The number of hydrogen-bond donors (Lipinski definition) is 0. The van der Waals surface area contributed by atoms with Crippen molar-refractivity contribution in [1.82, 2.24) is 0 Å². The highest BCUT2D eigenvalue weighted by atomic mass is 16.5. The topological polar surface area (TPSA) is 109 Å². The van der Waals surface area contributed by atoms with Crippen molar-refractivity contribution in [3.05, 3.63) is 10.4 Å². The molecule has 98 valence electrons. The maximum atomic E-state index is 11.4. The Balaban J connectivity index is 2.15. The van der Waals surface area contributed by atoms with Gasteiger partial charge in [-0.3, -0.25) is 14.4 Å². The normalized spacial score (nSPS) is 15.6. The molecule has 7 heteroatoms. The van der Waals surface area contributed by atoms with Crippen molar-refractivity contribution >= 4 is 17.5 Å². The van der Waals surface area contributed by atoms with Crippen LogP contribution in [0, 0.1) is 0 Å². The SMILES string of the molecule is [N-]=[N+]=NCCCCCC(=O)OC1C(=O)CCC1=O. The van der Waals surface area contributed by atoms with Crippen LogP contribution in [0.15, 0.2) is 5.11 Å². The van der Waals surface area contributed by atoms with Crippen molar-refractivity contribution in [2.45, 2.75) is 44.6 Å². The Hall–Kier alpha value is -1.88. The van der Waals surface area contributed by atoms with E-state index >= 15 is 0 Å². The molecule has 0 aromatic rings. The zero-order chi connectivity index (χ0) is 13.4. The van der Waals surface area contributed by atoms with E-state index in [1.54, 1.807) is 0 Å². The van der Waals surface area contributed by atoms with Crippen LogP contribution in [0.25, 0.3) is 10.4 Å². The van der Waals surface area contributed by atoms with E-state index in [0.717, 1.165) is 6.42 Å². The minimum Gasteiger partial charge on any atom is -0.446 e.